The van der Waals surface area contributed by atoms with Gasteiger partial charge in [-0.15, -0.1) is 0 Å². The molecule has 4 nitrogen and oxygen atoms in total. The van der Waals surface area contributed by atoms with E-state index in [0.29, 0.717) is 0 Å². The molecule has 1 heterocycles. The number of aromatic nitrogens is 3. The number of rotatable bonds is 5. The lowest BCUT2D eigenvalue weighted by Crippen LogP contribution is -2.38. The molecule has 0 spiro atoms. The Hall–Kier alpha value is -0.900. The van der Waals surface area contributed by atoms with Crippen LogP contribution in [-0.2, 0) is 19.0 Å². The fourth-order valence-electron chi connectivity index (χ4n) is 1.83. The number of nitrogens with zero attached hydrogens (tertiary/aromatic N) is 3. The zero-order valence-corrected chi connectivity index (χ0v) is 10.5. The van der Waals surface area contributed by atoms with Gasteiger partial charge in [-0.05, 0) is 26.8 Å². The minimum atomic E-state index is -0.109. The second-order valence-corrected chi connectivity index (χ2v) is 4.38. The highest BCUT2D eigenvalue weighted by molar-refractivity contribution is 5.04. The summed E-state index contributed by atoms with van der Waals surface area (Å²) in [5.41, 5.74) is -0.109. The Balaban J connectivity index is 2.93. The first-order chi connectivity index (χ1) is 7.01. The maximum atomic E-state index is 4.58. The van der Waals surface area contributed by atoms with Crippen molar-refractivity contribution in [3.8, 4) is 0 Å². The lowest BCUT2D eigenvalue weighted by atomic mass is 10.1. The minimum Gasteiger partial charge on any atom is -0.306 e. The lowest BCUT2D eigenvalue weighted by molar-refractivity contribution is 0.375. The number of aryl methyl sites for hydroxylation is 2. The van der Waals surface area contributed by atoms with Gasteiger partial charge in [0.25, 0.3) is 0 Å². The predicted octanol–water partition coefficient (Wildman–Crippen LogP) is 1.61. The quantitative estimate of drug-likeness (QED) is 0.803. The van der Waals surface area contributed by atoms with E-state index in [0.717, 1.165) is 31.0 Å². The standard InChI is InChI=1S/C11H22N4/c1-6-8-9-13-10(15(5)14-9)11(3,4)12-7-2/h12H,6-8H2,1-5H3. The largest absolute Gasteiger partial charge is 0.306 e. The molecule has 0 aliphatic heterocycles. The van der Waals surface area contributed by atoms with Crippen LogP contribution in [0.25, 0.3) is 0 Å². The molecule has 1 rings (SSSR count). The van der Waals surface area contributed by atoms with E-state index in [-0.39, 0.29) is 5.54 Å². The van der Waals surface area contributed by atoms with Gasteiger partial charge in [-0.3, -0.25) is 4.68 Å². The van der Waals surface area contributed by atoms with Crippen LogP contribution in [0.4, 0.5) is 0 Å². The van der Waals surface area contributed by atoms with Crippen molar-refractivity contribution < 1.29 is 0 Å². The van der Waals surface area contributed by atoms with Crippen molar-refractivity contribution in [2.45, 2.75) is 46.1 Å². The molecule has 1 aromatic heterocycles. The van der Waals surface area contributed by atoms with Crippen molar-refractivity contribution in [1.82, 2.24) is 20.1 Å². The highest BCUT2D eigenvalue weighted by Gasteiger charge is 2.25. The summed E-state index contributed by atoms with van der Waals surface area (Å²) in [7, 11) is 1.96. The second kappa shape index (κ2) is 4.75. The van der Waals surface area contributed by atoms with Crippen LogP contribution in [0.1, 0.15) is 45.8 Å². The molecule has 0 atom stereocenters. The van der Waals surface area contributed by atoms with E-state index in [1.807, 2.05) is 11.7 Å². The molecule has 4 heteroatoms. The maximum absolute atomic E-state index is 4.58. The Bertz CT molecular complexity index is 314. The maximum Gasteiger partial charge on any atom is 0.151 e. The first-order valence-corrected chi connectivity index (χ1v) is 5.66. The van der Waals surface area contributed by atoms with Gasteiger partial charge in [-0.2, -0.15) is 5.10 Å². The van der Waals surface area contributed by atoms with Crippen LogP contribution in [-0.4, -0.2) is 21.3 Å². The molecular formula is C11H22N4. The van der Waals surface area contributed by atoms with Crippen molar-refractivity contribution in [2.24, 2.45) is 7.05 Å². The van der Waals surface area contributed by atoms with E-state index in [2.05, 4.69) is 43.1 Å². The van der Waals surface area contributed by atoms with Crippen LogP contribution in [0, 0.1) is 0 Å². The van der Waals surface area contributed by atoms with E-state index in [4.69, 9.17) is 0 Å². The molecule has 1 N–H and O–H groups in total. The Labute approximate surface area is 92.1 Å². The van der Waals surface area contributed by atoms with Gasteiger partial charge in [0.05, 0.1) is 5.54 Å². The molecule has 0 aliphatic rings. The molecular weight excluding hydrogens is 188 g/mol. The van der Waals surface area contributed by atoms with E-state index in [1.54, 1.807) is 0 Å². The summed E-state index contributed by atoms with van der Waals surface area (Å²) in [6.07, 6.45) is 2.04. The smallest absolute Gasteiger partial charge is 0.151 e. The van der Waals surface area contributed by atoms with Gasteiger partial charge in [0.15, 0.2) is 5.82 Å². The van der Waals surface area contributed by atoms with Crippen molar-refractivity contribution in [1.29, 1.82) is 0 Å². The van der Waals surface area contributed by atoms with Gasteiger partial charge in [-0.1, -0.05) is 13.8 Å². The molecule has 86 valence electrons. The van der Waals surface area contributed by atoms with Crippen LogP contribution in [0.5, 0.6) is 0 Å². The predicted molar refractivity (Wildman–Crippen MR) is 61.7 cm³/mol. The van der Waals surface area contributed by atoms with Gasteiger partial charge in [0, 0.05) is 13.5 Å². The summed E-state index contributed by atoms with van der Waals surface area (Å²) in [5.74, 6) is 1.95. The molecule has 0 saturated heterocycles. The van der Waals surface area contributed by atoms with E-state index in [9.17, 15) is 0 Å². The van der Waals surface area contributed by atoms with Crippen LogP contribution in [0.3, 0.4) is 0 Å². The van der Waals surface area contributed by atoms with Gasteiger partial charge in [0.1, 0.15) is 5.82 Å². The molecule has 0 unspecified atom stereocenters. The Morgan fingerprint density at radius 2 is 2.00 bits per heavy atom. The normalized spacial score (nSPS) is 12.1. The van der Waals surface area contributed by atoms with E-state index < -0.39 is 0 Å². The minimum absolute atomic E-state index is 0.109. The monoisotopic (exact) mass is 210 g/mol. The Morgan fingerprint density at radius 1 is 1.33 bits per heavy atom. The molecule has 0 fully saturated rings. The van der Waals surface area contributed by atoms with E-state index in [1.165, 1.54) is 0 Å². The third kappa shape index (κ3) is 2.78. The average Bonchev–Trinajstić information content (AvgIpc) is 2.48. The number of hydrogen-bond donors (Lipinski definition) is 1. The van der Waals surface area contributed by atoms with E-state index >= 15 is 0 Å². The summed E-state index contributed by atoms with van der Waals surface area (Å²) in [6, 6.07) is 0. The summed E-state index contributed by atoms with van der Waals surface area (Å²) >= 11 is 0. The highest BCUT2D eigenvalue weighted by atomic mass is 15.3. The zero-order chi connectivity index (χ0) is 11.5. The molecule has 0 saturated carbocycles. The van der Waals surface area contributed by atoms with Crippen LogP contribution in [0.2, 0.25) is 0 Å². The highest BCUT2D eigenvalue weighted by Crippen LogP contribution is 2.17. The lowest BCUT2D eigenvalue weighted by Gasteiger charge is -2.24. The van der Waals surface area contributed by atoms with Crippen LogP contribution in [0.15, 0.2) is 0 Å². The topological polar surface area (TPSA) is 42.7 Å². The van der Waals surface area contributed by atoms with Crippen molar-refractivity contribution >= 4 is 0 Å². The average molecular weight is 210 g/mol. The molecule has 1 aromatic rings. The number of nitrogens with one attached hydrogen (secondary N) is 1. The fraction of sp³-hybridized carbons (Fsp3) is 0.818. The molecule has 0 radical (unpaired) electrons. The Morgan fingerprint density at radius 3 is 2.53 bits per heavy atom. The summed E-state index contributed by atoms with van der Waals surface area (Å²) in [6.45, 7) is 9.45. The summed E-state index contributed by atoms with van der Waals surface area (Å²) < 4.78 is 1.88. The SMILES string of the molecule is CCCc1nc(C(C)(C)NCC)n(C)n1. The first kappa shape index (κ1) is 12.2. The second-order valence-electron chi connectivity index (χ2n) is 4.38. The van der Waals surface area contributed by atoms with Gasteiger partial charge >= 0.3 is 0 Å². The van der Waals surface area contributed by atoms with Gasteiger partial charge < -0.3 is 5.32 Å². The van der Waals surface area contributed by atoms with Crippen LogP contribution < -0.4 is 5.32 Å². The van der Waals surface area contributed by atoms with Gasteiger partial charge in [-0.25, -0.2) is 4.98 Å². The van der Waals surface area contributed by atoms with Crippen LogP contribution >= 0.6 is 0 Å². The van der Waals surface area contributed by atoms with Crippen molar-refractivity contribution in [2.75, 3.05) is 6.54 Å². The van der Waals surface area contributed by atoms with Crippen molar-refractivity contribution in [3.63, 3.8) is 0 Å². The van der Waals surface area contributed by atoms with Crippen molar-refractivity contribution in [3.05, 3.63) is 11.6 Å². The molecule has 15 heavy (non-hydrogen) atoms. The molecule has 0 aromatic carbocycles. The number of hydrogen-bond acceptors (Lipinski definition) is 3. The Kier molecular flexibility index (Phi) is 3.85. The zero-order valence-electron chi connectivity index (χ0n) is 10.5. The third-order valence-corrected chi connectivity index (χ3v) is 2.46. The molecule has 0 bridgehead atoms. The molecule has 0 amide bonds. The molecule has 0 aliphatic carbocycles. The first-order valence-electron chi connectivity index (χ1n) is 5.66. The summed E-state index contributed by atoms with van der Waals surface area (Å²) in [5, 5.41) is 7.83. The third-order valence-electron chi connectivity index (χ3n) is 2.46. The fourth-order valence-corrected chi connectivity index (χ4v) is 1.83. The summed E-state index contributed by atoms with van der Waals surface area (Å²) in [4.78, 5) is 4.58. The van der Waals surface area contributed by atoms with Gasteiger partial charge in [0.2, 0.25) is 0 Å².